The third-order valence-electron chi connectivity index (χ3n) is 3.79. The predicted molar refractivity (Wildman–Crippen MR) is 71.9 cm³/mol. The van der Waals surface area contributed by atoms with Crippen molar-refractivity contribution < 1.29 is 0 Å². The van der Waals surface area contributed by atoms with E-state index in [9.17, 15) is 0 Å². The first-order valence-electron chi connectivity index (χ1n) is 6.52. The summed E-state index contributed by atoms with van der Waals surface area (Å²) in [6.07, 6.45) is 5.75. The minimum atomic E-state index is 0.912. The minimum absolute atomic E-state index is 0.912. The second-order valence-electron chi connectivity index (χ2n) is 5.17. The zero-order chi connectivity index (χ0) is 11.4. The first kappa shape index (κ1) is 12.1. The van der Waals surface area contributed by atoms with Crippen molar-refractivity contribution in [3.63, 3.8) is 0 Å². The molecule has 1 aromatic heterocycles. The highest BCUT2D eigenvalue weighted by Crippen LogP contribution is 2.29. The summed E-state index contributed by atoms with van der Waals surface area (Å²) < 4.78 is 0. The highest BCUT2D eigenvalue weighted by atomic mass is 32.1. The van der Waals surface area contributed by atoms with Crippen LogP contribution >= 0.6 is 11.3 Å². The molecule has 90 valence electrons. The Morgan fingerprint density at radius 1 is 1.31 bits per heavy atom. The van der Waals surface area contributed by atoms with Gasteiger partial charge in [-0.05, 0) is 43.9 Å². The molecular formula is C14H23NS. The van der Waals surface area contributed by atoms with Crippen LogP contribution in [0.1, 0.15) is 42.4 Å². The highest BCUT2D eigenvalue weighted by molar-refractivity contribution is 7.11. The maximum Gasteiger partial charge on any atom is 0.0299 e. The largest absolute Gasteiger partial charge is 0.312 e. The van der Waals surface area contributed by atoms with Gasteiger partial charge in [0.15, 0.2) is 0 Å². The number of rotatable bonds is 4. The average molecular weight is 237 g/mol. The van der Waals surface area contributed by atoms with E-state index in [2.05, 4.69) is 31.3 Å². The summed E-state index contributed by atoms with van der Waals surface area (Å²) in [5.74, 6) is 1.83. The summed E-state index contributed by atoms with van der Waals surface area (Å²) in [6.45, 7) is 6.86. The van der Waals surface area contributed by atoms with Crippen LogP contribution in [0.4, 0.5) is 0 Å². The van der Waals surface area contributed by atoms with Crippen molar-refractivity contribution in [1.82, 2.24) is 5.32 Å². The van der Waals surface area contributed by atoms with Crippen molar-refractivity contribution in [2.45, 2.75) is 46.1 Å². The molecule has 2 rings (SSSR count). The normalized spacial score (nSPS) is 25.9. The maximum absolute atomic E-state index is 3.63. The molecular weight excluding hydrogens is 214 g/mol. The van der Waals surface area contributed by atoms with Crippen LogP contribution in [-0.2, 0) is 6.54 Å². The van der Waals surface area contributed by atoms with Gasteiger partial charge in [-0.1, -0.05) is 26.2 Å². The molecule has 1 nitrogen and oxygen atoms in total. The van der Waals surface area contributed by atoms with E-state index < -0.39 is 0 Å². The summed E-state index contributed by atoms with van der Waals surface area (Å²) in [5.41, 5.74) is 0. The lowest BCUT2D eigenvalue weighted by atomic mass is 9.80. The molecule has 0 aromatic carbocycles. The molecule has 1 aliphatic rings. The van der Waals surface area contributed by atoms with E-state index in [4.69, 9.17) is 0 Å². The molecule has 2 heteroatoms. The van der Waals surface area contributed by atoms with E-state index in [1.165, 1.54) is 42.0 Å². The lowest BCUT2D eigenvalue weighted by Gasteiger charge is -2.28. The van der Waals surface area contributed by atoms with Crippen molar-refractivity contribution >= 4 is 11.3 Å². The minimum Gasteiger partial charge on any atom is -0.312 e. The third-order valence-corrected chi connectivity index (χ3v) is 4.79. The van der Waals surface area contributed by atoms with Gasteiger partial charge in [0.1, 0.15) is 0 Å². The summed E-state index contributed by atoms with van der Waals surface area (Å²) in [6, 6.07) is 4.46. The summed E-state index contributed by atoms with van der Waals surface area (Å²) in [7, 11) is 0. The Kier molecular flexibility index (Phi) is 4.42. The third kappa shape index (κ3) is 3.33. The van der Waals surface area contributed by atoms with Crippen LogP contribution in [0.15, 0.2) is 12.1 Å². The Morgan fingerprint density at radius 2 is 2.12 bits per heavy atom. The van der Waals surface area contributed by atoms with Crippen LogP contribution in [0.25, 0.3) is 0 Å². The lowest BCUT2D eigenvalue weighted by Crippen LogP contribution is -2.28. The van der Waals surface area contributed by atoms with E-state index >= 15 is 0 Å². The first-order chi connectivity index (χ1) is 7.75. The monoisotopic (exact) mass is 237 g/mol. The SMILES string of the molecule is Cc1ccc(CNCC2CCCCC2C)s1. The molecule has 0 bridgehead atoms. The molecule has 0 spiro atoms. The second kappa shape index (κ2) is 5.83. The van der Waals surface area contributed by atoms with Crippen molar-refractivity contribution in [2.75, 3.05) is 6.54 Å². The lowest BCUT2D eigenvalue weighted by molar-refractivity contribution is 0.248. The molecule has 2 atom stereocenters. The Hall–Kier alpha value is -0.340. The molecule has 16 heavy (non-hydrogen) atoms. The second-order valence-corrected chi connectivity index (χ2v) is 6.54. The summed E-state index contributed by atoms with van der Waals surface area (Å²) >= 11 is 1.91. The van der Waals surface area contributed by atoms with Crippen molar-refractivity contribution in [3.05, 3.63) is 21.9 Å². The quantitative estimate of drug-likeness (QED) is 0.835. The van der Waals surface area contributed by atoms with Crippen molar-refractivity contribution in [3.8, 4) is 0 Å². The van der Waals surface area contributed by atoms with E-state index in [1.54, 1.807) is 0 Å². The number of hydrogen-bond acceptors (Lipinski definition) is 2. The molecule has 0 saturated heterocycles. The number of hydrogen-bond donors (Lipinski definition) is 1. The van der Waals surface area contributed by atoms with Crippen LogP contribution in [0.3, 0.4) is 0 Å². The highest BCUT2D eigenvalue weighted by Gasteiger charge is 2.20. The van der Waals surface area contributed by atoms with Crippen LogP contribution in [0.2, 0.25) is 0 Å². The molecule has 1 fully saturated rings. The van der Waals surface area contributed by atoms with E-state index in [0.717, 1.165) is 18.4 Å². The maximum atomic E-state index is 3.63. The van der Waals surface area contributed by atoms with Gasteiger partial charge >= 0.3 is 0 Å². The van der Waals surface area contributed by atoms with Gasteiger partial charge in [-0.25, -0.2) is 0 Å². The Morgan fingerprint density at radius 3 is 2.81 bits per heavy atom. The average Bonchev–Trinajstić information content (AvgIpc) is 2.67. The van der Waals surface area contributed by atoms with Gasteiger partial charge in [0, 0.05) is 16.3 Å². The number of nitrogens with one attached hydrogen (secondary N) is 1. The first-order valence-corrected chi connectivity index (χ1v) is 7.33. The van der Waals surface area contributed by atoms with Gasteiger partial charge in [-0.3, -0.25) is 0 Å². The van der Waals surface area contributed by atoms with E-state index in [1.807, 2.05) is 11.3 Å². The van der Waals surface area contributed by atoms with E-state index in [0.29, 0.717) is 0 Å². The van der Waals surface area contributed by atoms with Gasteiger partial charge in [0.2, 0.25) is 0 Å². The summed E-state index contributed by atoms with van der Waals surface area (Å²) in [5, 5.41) is 3.63. The van der Waals surface area contributed by atoms with Crippen LogP contribution in [-0.4, -0.2) is 6.54 Å². The fourth-order valence-corrected chi connectivity index (χ4v) is 3.52. The van der Waals surface area contributed by atoms with Crippen LogP contribution in [0, 0.1) is 18.8 Å². The fourth-order valence-electron chi connectivity index (χ4n) is 2.66. The van der Waals surface area contributed by atoms with Gasteiger partial charge in [0.05, 0.1) is 0 Å². The van der Waals surface area contributed by atoms with Crippen LogP contribution < -0.4 is 5.32 Å². The molecule has 0 aliphatic heterocycles. The van der Waals surface area contributed by atoms with Gasteiger partial charge in [-0.2, -0.15) is 0 Å². The summed E-state index contributed by atoms with van der Waals surface area (Å²) in [4.78, 5) is 2.89. The molecule has 1 heterocycles. The smallest absolute Gasteiger partial charge is 0.0299 e. The zero-order valence-electron chi connectivity index (χ0n) is 10.5. The molecule has 1 aliphatic carbocycles. The molecule has 0 radical (unpaired) electrons. The Labute approximate surface area is 103 Å². The molecule has 1 saturated carbocycles. The topological polar surface area (TPSA) is 12.0 Å². The molecule has 2 unspecified atom stereocenters. The van der Waals surface area contributed by atoms with Crippen molar-refractivity contribution in [2.24, 2.45) is 11.8 Å². The molecule has 1 aromatic rings. The van der Waals surface area contributed by atoms with E-state index in [-0.39, 0.29) is 0 Å². The zero-order valence-corrected chi connectivity index (χ0v) is 11.3. The Balaban J connectivity index is 1.71. The fraction of sp³-hybridized carbons (Fsp3) is 0.714. The molecule has 1 N–H and O–H groups in total. The number of aryl methyl sites for hydroxylation is 1. The standard InChI is InChI=1S/C14H23NS/c1-11-5-3-4-6-13(11)9-15-10-14-8-7-12(2)16-14/h7-8,11,13,15H,3-6,9-10H2,1-2H3. The van der Waals surface area contributed by atoms with Crippen molar-refractivity contribution in [1.29, 1.82) is 0 Å². The van der Waals surface area contributed by atoms with Gasteiger partial charge in [0.25, 0.3) is 0 Å². The van der Waals surface area contributed by atoms with Gasteiger partial charge < -0.3 is 5.32 Å². The van der Waals surface area contributed by atoms with Gasteiger partial charge in [-0.15, -0.1) is 11.3 Å². The predicted octanol–water partition coefficient (Wildman–Crippen LogP) is 3.97. The Bertz CT molecular complexity index is 318. The number of thiophene rings is 1. The molecule has 0 amide bonds. The van der Waals surface area contributed by atoms with Crippen LogP contribution in [0.5, 0.6) is 0 Å².